The third-order valence-electron chi connectivity index (χ3n) is 4.65. The van der Waals surface area contributed by atoms with Gasteiger partial charge in [-0.1, -0.05) is 25.1 Å². The lowest BCUT2D eigenvalue weighted by atomic mass is 10.0. The fourth-order valence-corrected chi connectivity index (χ4v) is 4.39. The monoisotopic (exact) mass is 384 g/mol. The molecule has 1 saturated heterocycles. The molecule has 2 N–H and O–H groups in total. The average Bonchev–Trinajstić information content (AvgIpc) is 2.61. The van der Waals surface area contributed by atoms with Crippen LogP contribution < -0.4 is 14.2 Å². The van der Waals surface area contributed by atoms with E-state index in [0.717, 1.165) is 44.0 Å². The highest BCUT2D eigenvalue weighted by atomic mass is 32.2. The predicted octanol–water partition coefficient (Wildman–Crippen LogP) is 1.21. The summed E-state index contributed by atoms with van der Waals surface area (Å²) in [6.45, 7) is 10.9. The number of piperazine rings is 1. The molecule has 0 aromatic heterocycles. The van der Waals surface area contributed by atoms with Crippen molar-refractivity contribution in [2.45, 2.75) is 32.9 Å². The molecule has 1 atom stereocenters. The smallest absolute Gasteiger partial charge is 0.277 e. The quantitative estimate of drug-likeness (QED) is 0.669. The lowest BCUT2D eigenvalue weighted by Crippen LogP contribution is -2.50. The molecule has 8 heteroatoms. The number of rotatable bonds is 9. The molecular weight excluding hydrogens is 352 g/mol. The van der Waals surface area contributed by atoms with Gasteiger partial charge in [0.25, 0.3) is 10.2 Å². The standard InChI is InChI=1S/C18H32N4O3S/c1-5-21-10-12-22(13-11-21)17(14-19-26(23,24)20-15(2)3)16-8-6-7-9-18(16)25-4/h6-9,15,17,19-20H,5,10-14H2,1-4H3. The van der Waals surface area contributed by atoms with Crippen molar-refractivity contribution in [1.82, 2.24) is 19.2 Å². The van der Waals surface area contributed by atoms with Gasteiger partial charge in [0.05, 0.1) is 13.2 Å². The SMILES string of the molecule is CCN1CCN(C(CNS(=O)(=O)NC(C)C)c2ccccc2OC)CC1. The molecule has 1 heterocycles. The molecule has 0 aliphatic carbocycles. The molecule has 1 unspecified atom stereocenters. The Labute approximate surface area is 157 Å². The summed E-state index contributed by atoms with van der Waals surface area (Å²) in [4.78, 5) is 4.74. The summed E-state index contributed by atoms with van der Waals surface area (Å²) in [7, 11) is -1.89. The predicted molar refractivity (Wildman–Crippen MR) is 105 cm³/mol. The van der Waals surface area contributed by atoms with E-state index in [2.05, 4.69) is 26.2 Å². The molecule has 1 aromatic carbocycles. The Bertz CT molecular complexity index is 658. The summed E-state index contributed by atoms with van der Waals surface area (Å²) in [5.74, 6) is 0.784. The van der Waals surface area contributed by atoms with E-state index < -0.39 is 10.2 Å². The number of nitrogens with one attached hydrogen (secondary N) is 2. The minimum absolute atomic E-state index is 0.0751. The highest BCUT2D eigenvalue weighted by Gasteiger charge is 2.28. The first-order valence-electron chi connectivity index (χ1n) is 9.22. The number of hydrogen-bond acceptors (Lipinski definition) is 5. The zero-order valence-electron chi connectivity index (χ0n) is 16.2. The number of benzene rings is 1. The molecule has 0 spiro atoms. The van der Waals surface area contributed by atoms with Crippen molar-refractivity contribution in [1.29, 1.82) is 0 Å². The number of methoxy groups -OCH3 is 1. The highest BCUT2D eigenvalue weighted by molar-refractivity contribution is 7.87. The topological polar surface area (TPSA) is 73.9 Å². The van der Waals surface area contributed by atoms with Crippen molar-refractivity contribution in [3.63, 3.8) is 0 Å². The van der Waals surface area contributed by atoms with Crippen molar-refractivity contribution in [2.24, 2.45) is 0 Å². The summed E-state index contributed by atoms with van der Waals surface area (Å²) in [6, 6.07) is 7.61. The van der Waals surface area contributed by atoms with Crippen molar-refractivity contribution in [2.75, 3.05) is 46.4 Å². The van der Waals surface area contributed by atoms with Crippen LogP contribution in [-0.2, 0) is 10.2 Å². The van der Waals surface area contributed by atoms with Gasteiger partial charge in [0.15, 0.2) is 0 Å². The molecule has 2 rings (SSSR count). The Morgan fingerprint density at radius 2 is 1.81 bits per heavy atom. The van der Waals surface area contributed by atoms with Crippen LogP contribution in [0.5, 0.6) is 5.75 Å². The first-order valence-corrected chi connectivity index (χ1v) is 10.7. The number of para-hydroxylation sites is 1. The van der Waals surface area contributed by atoms with Gasteiger partial charge in [0.1, 0.15) is 5.75 Å². The van der Waals surface area contributed by atoms with Gasteiger partial charge in [-0.25, -0.2) is 4.72 Å². The van der Waals surface area contributed by atoms with Gasteiger partial charge in [-0.2, -0.15) is 13.1 Å². The highest BCUT2D eigenvalue weighted by Crippen LogP contribution is 2.29. The fraction of sp³-hybridized carbons (Fsp3) is 0.667. The molecule has 0 saturated carbocycles. The maximum Gasteiger partial charge on any atom is 0.277 e. The maximum atomic E-state index is 12.2. The van der Waals surface area contributed by atoms with Crippen molar-refractivity contribution in [3.8, 4) is 5.75 Å². The molecule has 0 amide bonds. The van der Waals surface area contributed by atoms with Gasteiger partial charge < -0.3 is 9.64 Å². The second kappa shape index (κ2) is 9.66. The van der Waals surface area contributed by atoms with Crippen LogP contribution in [0.2, 0.25) is 0 Å². The lowest BCUT2D eigenvalue weighted by Gasteiger charge is -2.39. The third kappa shape index (κ3) is 5.92. The normalized spacial score (nSPS) is 18.2. The van der Waals surface area contributed by atoms with E-state index in [0.29, 0.717) is 6.54 Å². The maximum absolute atomic E-state index is 12.2. The second-order valence-corrected chi connectivity index (χ2v) is 8.38. The lowest BCUT2D eigenvalue weighted by molar-refractivity contribution is 0.0993. The Kier molecular flexibility index (Phi) is 7.85. The van der Waals surface area contributed by atoms with E-state index in [1.165, 1.54) is 0 Å². The Hall–Kier alpha value is -1.19. The number of nitrogens with zero attached hydrogens (tertiary/aromatic N) is 2. The summed E-state index contributed by atoms with van der Waals surface area (Å²) < 4.78 is 35.3. The van der Waals surface area contributed by atoms with Gasteiger partial charge in [0.2, 0.25) is 0 Å². The molecule has 1 fully saturated rings. The summed E-state index contributed by atoms with van der Waals surface area (Å²) in [5.41, 5.74) is 1.01. The van der Waals surface area contributed by atoms with Gasteiger partial charge in [0, 0.05) is 44.3 Å². The minimum Gasteiger partial charge on any atom is -0.496 e. The van der Waals surface area contributed by atoms with Gasteiger partial charge in [-0.15, -0.1) is 0 Å². The Morgan fingerprint density at radius 1 is 1.15 bits per heavy atom. The van der Waals surface area contributed by atoms with Gasteiger partial charge in [-0.3, -0.25) is 4.90 Å². The van der Waals surface area contributed by atoms with Crippen LogP contribution >= 0.6 is 0 Å². The van der Waals surface area contributed by atoms with Crippen LogP contribution in [0.25, 0.3) is 0 Å². The molecular formula is C18H32N4O3S. The van der Waals surface area contributed by atoms with Crippen LogP contribution in [0.1, 0.15) is 32.4 Å². The third-order valence-corrected chi connectivity index (χ3v) is 5.98. The number of likely N-dealkylation sites (N-methyl/N-ethyl adjacent to an activating group) is 1. The van der Waals surface area contributed by atoms with E-state index in [9.17, 15) is 8.42 Å². The fourth-order valence-electron chi connectivity index (χ4n) is 3.31. The van der Waals surface area contributed by atoms with Crippen LogP contribution in [0, 0.1) is 0 Å². The van der Waals surface area contributed by atoms with Gasteiger partial charge in [-0.05, 0) is 26.5 Å². The Morgan fingerprint density at radius 3 is 2.38 bits per heavy atom. The zero-order chi connectivity index (χ0) is 19.2. The first-order chi connectivity index (χ1) is 12.4. The van der Waals surface area contributed by atoms with Crippen LogP contribution in [0.15, 0.2) is 24.3 Å². The summed E-state index contributed by atoms with van der Waals surface area (Å²) >= 11 is 0. The zero-order valence-corrected chi connectivity index (χ0v) is 17.1. The molecule has 0 bridgehead atoms. The van der Waals surface area contributed by atoms with Crippen LogP contribution in [0.4, 0.5) is 0 Å². The summed E-state index contributed by atoms with van der Waals surface area (Å²) in [5, 5.41) is 0. The van der Waals surface area contributed by atoms with Crippen molar-refractivity contribution < 1.29 is 13.2 Å². The molecule has 148 valence electrons. The van der Waals surface area contributed by atoms with E-state index >= 15 is 0 Å². The summed E-state index contributed by atoms with van der Waals surface area (Å²) in [6.07, 6.45) is 0. The first kappa shape index (κ1) is 21.1. The number of ether oxygens (including phenoxy) is 1. The molecule has 1 aliphatic heterocycles. The molecule has 1 aromatic rings. The van der Waals surface area contributed by atoms with E-state index in [4.69, 9.17) is 4.74 Å². The van der Waals surface area contributed by atoms with Gasteiger partial charge >= 0.3 is 0 Å². The average molecular weight is 385 g/mol. The Balaban J connectivity index is 2.19. The molecule has 0 radical (unpaired) electrons. The number of hydrogen-bond donors (Lipinski definition) is 2. The van der Waals surface area contributed by atoms with Crippen molar-refractivity contribution in [3.05, 3.63) is 29.8 Å². The second-order valence-electron chi connectivity index (χ2n) is 6.85. The van der Waals surface area contributed by atoms with E-state index in [1.54, 1.807) is 21.0 Å². The van der Waals surface area contributed by atoms with Crippen molar-refractivity contribution >= 4 is 10.2 Å². The molecule has 1 aliphatic rings. The van der Waals surface area contributed by atoms with Crippen LogP contribution in [0.3, 0.4) is 0 Å². The van der Waals surface area contributed by atoms with Crippen LogP contribution in [-0.4, -0.2) is 70.6 Å². The largest absolute Gasteiger partial charge is 0.496 e. The minimum atomic E-state index is -3.54. The van der Waals surface area contributed by atoms with E-state index in [1.807, 2.05) is 24.3 Å². The van der Waals surface area contributed by atoms with E-state index in [-0.39, 0.29) is 12.1 Å². The molecule has 26 heavy (non-hydrogen) atoms. The molecule has 7 nitrogen and oxygen atoms in total.